The van der Waals surface area contributed by atoms with Crippen molar-refractivity contribution in [3.8, 4) is 0 Å². The summed E-state index contributed by atoms with van der Waals surface area (Å²) in [5, 5.41) is 8.68. The maximum Gasteiger partial charge on any atom is 0.305 e. The number of hydrogen-bond donors (Lipinski definition) is 2. The molecule has 2 fully saturated rings. The molecule has 1 aliphatic heterocycles. The van der Waals surface area contributed by atoms with Crippen molar-refractivity contribution < 1.29 is 19.4 Å². The first-order valence-electron chi connectivity index (χ1n) is 6.43. The molecule has 1 saturated carbocycles. The predicted molar refractivity (Wildman–Crippen MR) is 63.9 cm³/mol. The highest BCUT2D eigenvalue weighted by atomic mass is 16.5. The summed E-state index contributed by atoms with van der Waals surface area (Å²) in [6.45, 7) is 2.08. The third-order valence-corrected chi connectivity index (χ3v) is 3.46. The van der Waals surface area contributed by atoms with Crippen molar-refractivity contribution in [1.29, 1.82) is 0 Å². The lowest BCUT2D eigenvalue weighted by molar-refractivity contribution is -0.142. The molecule has 6 nitrogen and oxygen atoms in total. The number of nitrogens with zero attached hydrogens (tertiary/aromatic N) is 1. The Balaban J connectivity index is 1.91. The van der Waals surface area contributed by atoms with E-state index in [1.807, 2.05) is 0 Å². The van der Waals surface area contributed by atoms with E-state index in [1.165, 1.54) is 0 Å². The fourth-order valence-corrected chi connectivity index (χ4v) is 2.30. The van der Waals surface area contributed by atoms with E-state index in [0.29, 0.717) is 19.1 Å². The van der Waals surface area contributed by atoms with Gasteiger partial charge in [0.05, 0.1) is 19.1 Å². The van der Waals surface area contributed by atoms with E-state index in [1.54, 1.807) is 4.90 Å². The number of carbonyl (C=O) groups excluding carboxylic acids is 1. The van der Waals surface area contributed by atoms with Crippen molar-refractivity contribution in [2.45, 2.75) is 37.8 Å². The van der Waals surface area contributed by atoms with E-state index in [2.05, 4.69) is 0 Å². The molecule has 0 spiro atoms. The maximum absolute atomic E-state index is 12.1. The highest BCUT2D eigenvalue weighted by Gasteiger charge is 2.37. The smallest absolute Gasteiger partial charge is 0.305 e. The highest BCUT2D eigenvalue weighted by molar-refractivity contribution is 5.86. The summed E-state index contributed by atoms with van der Waals surface area (Å²) in [5.41, 5.74) is 5.66. The van der Waals surface area contributed by atoms with E-state index >= 15 is 0 Å². The SMILES string of the molecule is NC(CC(=O)O)C(=O)N(CC1CCOC1)C1CC1. The third kappa shape index (κ3) is 3.43. The highest BCUT2D eigenvalue weighted by Crippen LogP contribution is 2.29. The monoisotopic (exact) mass is 256 g/mol. The minimum atomic E-state index is -1.03. The molecule has 6 heteroatoms. The van der Waals surface area contributed by atoms with Crippen LogP contribution < -0.4 is 5.73 Å². The third-order valence-electron chi connectivity index (χ3n) is 3.46. The van der Waals surface area contributed by atoms with Gasteiger partial charge in [0.25, 0.3) is 0 Å². The number of ether oxygens (including phenoxy) is 1. The van der Waals surface area contributed by atoms with Gasteiger partial charge in [-0.2, -0.15) is 0 Å². The normalized spacial score (nSPS) is 24.8. The topological polar surface area (TPSA) is 92.9 Å². The van der Waals surface area contributed by atoms with Crippen LogP contribution in [0.25, 0.3) is 0 Å². The molecule has 3 N–H and O–H groups in total. The van der Waals surface area contributed by atoms with Gasteiger partial charge in [-0.05, 0) is 19.3 Å². The summed E-state index contributed by atoms with van der Waals surface area (Å²) in [7, 11) is 0. The predicted octanol–water partition coefficient (Wildman–Crippen LogP) is -0.184. The van der Waals surface area contributed by atoms with Crippen LogP contribution in [0.3, 0.4) is 0 Å². The zero-order valence-electron chi connectivity index (χ0n) is 10.4. The lowest BCUT2D eigenvalue weighted by Crippen LogP contribution is -2.47. The summed E-state index contributed by atoms with van der Waals surface area (Å²) < 4.78 is 5.30. The molecule has 18 heavy (non-hydrogen) atoms. The molecule has 0 bridgehead atoms. The van der Waals surface area contributed by atoms with Gasteiger partial charge < -0.3 is 20.5 Å². The standard InChI is InChI=1S/C12H20N2O4/c13-10(5-11(15)16)12(17)14(9-1-2-9)6-8-3-4-18-7-8/h8-10H,1-7,13H2,(H,15,16). The van der Waals surface area contributed by atoms with Crippen molar-refractivity contribution in [3.05, 3.63) is 0 Å². The first-order chi connectivity index (χ1) is 8.58. The van der Waals surface area contributed by atoms with Crippen LogP contribution in [-0.2, 0) is 14.3 Å². The fraction of sp³-hybridized carbons (Fsp3) is 0.833. The summed E-state index contributed by atoms with van der Waals surface area (Å²) >= 11 is 0. The molecule has 1 aliphatic carbocycles. The summed E-state index contributed by atoms with van der Waals surface area (Å²) in [6.07, 6.45) is 2.66. The molecular formula is C12H20N2O4. The van der Waals surface area contributed by atoms with Gasteiger partial charge in [-0.1, -0.05) is 0 Å². The van der Waals surface area contributed by atoms with E-state index in [-0.39, 0.29) is 18.4 Å². The van der Waals surface area contributed by atoms with Crippen LogP contribution in [0.4, 0.5) is 0 Å². The van der Waals surface area contributed by atoms with Crippen LogP contribution in [0.15, 0.2) is 0 Å². The average Bonchev–Trinajstić information content (AvgIpc) is 3.02. The van der Waals surface area contributed by atoms with Gasteiger partial charge >= 0.3 is 5.97 Å². The van der Waals surface area contributed by atoms with Crippen molar-refractivity contribution in [1.82, 2.24) is 4.90 Å². The number of aliphatic carboxylic acids is 1. The lowest BCUT2D eigenvalue weighted by Gasteiger charge is -2.27. The Hall–Kier alpha value is -1.14. The van der Waals surface area contributed by atoms with Crippen LogP contribution in [0.2, 0.25) is 0 Å². The molecule has 0 aromatic carbocycles. The van der Waals surface area contributed by atoms with Crippen LogP contribution in [0.1, 0.15) is 25.7 Å². The number of rotatable bonds is 6. The Kier molecular flexibility index (Phi) is 4.19. The van der Waals surface area contributed by atoms with Crippen LogP contribution in [-0.4, -0.2) is 53.7 Å². The number of hydrogen-bond acceptors (Lipinski definition) is 4. The number of carboxylic acids is 1. The van der Waals surface area contributed by atoms with Crippen LogP contribution in [0, 0.1) is 5.92 Å². The molecule has 0 aromatic rings. The largest absolute Gasteiger partial charge is 0.481 e. The second-order valence-corrected chi connectivity index (χ2v) is 5.16. The van der Waals surface area contributed by atoms with Crippen LogP contribution in [0.5, 0.6) is 0 Å². The Morgan fingerprint density at radius 1 is 1.39 bits per heavy atom. The van der Waals surface area contributed by atoms with Crippen molar-refractivity contribution in [2.75, 3.05) is 19.8 Å². The second kappa shape index (κ2) is 5.67. The number of carboxylic acid groups (broad SMARTS) is 1. The zero-order valence-corrected chi connectivity index (χ0v) is 10.4. The molecule has 2 unspecified atom stereocenters. The number of carbonyl (C=O) groups is 2. The molecule has 1 saturated heterocycles. The quantitative estimate of drug-likeness (QED) is 0.687. The second-order valence-electron chi connectivity index (χ2n) is 5.16. The minimum absolute atomic E-state index is 0.230. The van der Waals surface area contributed by atoms with Gasteiger partial charge in [0.1, 0.15) is 0 Å². The van der Waals surface area contributed by atoms with Crippen molar-refractivity contribution in [3.63, 3.8) is 0 Å². The van der Waals surface area contributed by atoms with E-state index in [4.69, 9.17) is 15.6 Å². The summed E-state index contributed by atoms with van der Waals surface area (Å²) in [5.74, 6) is -0.894. The maximum atomic E-state index is 12.1. The number of amides is 1. The fourth-order valence-electron chi connectivity index (χ4n) is 2.30. The van der Waals surface area contributed by atoms with Gasteiger partial charge in [-0.15, -0.1) is 0 Å². The summed E-state index contributed by atoms with van der Waals surface area (Å²) in [6, 6.07) is -0.664. The molecule has 0 aromatic heterocycles. The van der Waals surface area contributed by atoms with Gasteiger partial charge in [-0.3, -0.25) is 9.59 Å². The minimum Gasteiger partial charge on any atom is -0.481 e. The van der Waals surface area contributed by atoms with Crippen LogP contribution >= 0.6 is 0 Å². The molecular weight excluding hydrogens is 236 g/mol. The van der Waals surface area contributed by atoms with E-state index < -0.39 is 12.0 Å². The Morgan fingerprint density at radius 3 is 2.61 bits per heavy atom. The van der Waals surface area contributed by atoms with Crippen molar-refractivity contribution >= 4 is 11.9 Å². The van der Waals surface area contributed by atoms with Gasteiger partial charge in [0.15, 0.2) is 0 Å². The number of nitrogens with two attached hydrogens (primary N) is 1. The van der Waals surface area contributed by atoms with Gasteiger partial charge in [0.2, 0.25) is 5.91 Å². The average molecular weight is 256 g/mol. The van der Waals surface area contributed by atoms with E-state index in [0.717, 1.165) is 25.9 Å². The van der Waals surface area contributed by atoms with E-state index in [9.17, 15) is 9.59 Å². The Bertz CT molecular complexity index is 324. The lowest BCUT2D eigenvalue weighted by atomic mass is 10.1. The summed E-state index contributed by atoms with van der Waals surface area (Å²) in [4.78, 5) is 24.5. The van der Waals surface area contributed by atoms with Crippen molar-refractivity contribution in [2.24, 2.45) is 11.7 Å². The molecule has 102 valence electrons. The molecule has 0 radical (unpaired) electrons. The molecule has 2 atom stereocenters. The molecule has 1 heterocycles. The van der Waals surface area contributed by atoms with Gasteiger partial charge in [0, 0.05) is 25.1 Å². The molecule has 1 amide bonds. The first-order valence-corrected chi connectivity index (χ1v) is 6.43. The Labute approximate surface area is 106 Å². The first kappa shape index (κ1) is 13.3. The molecule has 2 rings (SSSR count). The Morgan fingerprint density at radius 2 is 2.11 bits per heavy atom. The molecule has 2 aliphatic rings. The van der Waals surface area contributed by atoms with Gasteiger partial charge in [-0.25, -0.2) is 0 Å². The zero-order chi connectivity index (χ0) is 13.1.